The van der Waals surface area contributed by atoms with Crippen molar-refractivity contribution in [3.05, 3.63) is 53.3 Å². The van der Waals surface area contributed by atoms with Gasteiger partial charge in [-0.2, -0.15) is 5.10 Å². The van der Waals surface area contributed by atoms with Crippen LogP contribution >= 0.6 is 0 Å². The maximum Gasteiger partial charge on any atom is 0.244 e. The van der Waals surface area contributed by atoms with E-state index in [0.29, 0.717) is 5.92 Å². The average Bonchev–Trinajstić information content (AvgIpc) is 3.60. The molecule has 1 aliphatic heterocycles. The third-order valence-corrected chi connectivity index (χ3v) is 6.43. The molecule has 162 valence electrons. The van der Waals surface area contributed by atoms with Gasteiger partial charge in [-0.15, -0.1) is 0 Å². The van der Waals surface area contributed by atoms with Gasteiger partial charge in [-0.1, -0.05) is 12.1 Å². The number of aromatic nitrogens is 3. The number of benzene rings is 1. The van der Waals surface area contributed by atoms with Crippen LogP contribution in [0.25, 0.3) is 11.0 Å². The number of aryl methyl sites for hydroxylation is 1. The van der Waals surface area contributed by atoms with Crippen molar-refractivity contribution in [1.82, 2.24) is 24.6 Å². The summed E-state index contributed by atoms with van der Waals surface area (Å²) in [6, 6.07) is 10.3. The Balaban J connectivity index is 1.21. The number of piperazine rings is 1. The van der Waals surface area contributed by atoms with Crippen LogP contribution in [-0.4, -0.2) is 63.8 Å². The molecule has 2 aromatic heterocycles. The molecule has 1 aromatic carbocycles. The van der Waals surface area contributed by atoms with E-state index < -0.39 is 0 Å². The van der Waals surface area contributed by atoms with Gasteiger partial charge >= 0.3 is 0 Å². The quantitative estimate of drug-likeness (QED) is 0.615. The van der Waals surface area contributed by atoms with Gasteiger partial charge in [0.15, 0.2) is 5.65 Å². The van der Waals surface area contributed by atoms with Crippen molar-refractivity contribution in [2.24, 2.45) is 0 Å². The van der Waals surface area contributed by atoms with Crippen molar-refractivity contribution in [2.75, 3.05) is 33.3 Å². The monoisotopic (exact) mass is 419 g/mol. The largest absolute Gasteiger partial charge is 0.497 e. The fourth-order valence-corrected chi connectivity index (χ4v) is 4.53. The van der Waals surface area contributed by atoms with Gasteiger partial charge in [-0.05, 0) is 55.0 Å². The van der Waals surface area contributed by atoms with Crippen LogP contribution in [0.2, 0.25) is 0 Å². The van der Waals surface area contributed by atoms with Gasteiger partial charge in [0.05, 0.1) is 12.8 Å². The molecule has 0 N–H and O–H groups in total. The molecule has 0 radical (unpaired) electrons. The summed E-state index contributed by atoms with van der Waals surface area (Å²) < 4.78 is 7.02. The second kappa shape index (κ2) is 8.30. The molecule has 1 saturated carbocycles. The third-order valence-electron chi connectivity index (χ3n) is 6.43. The number of pyridine rings is 1. The number of carbonyl (C=O) groups excluding carboxylic acids is 1. The van der Waals surface area contributed by atoms with Gasteiger partial charge in [0, 0.05) is 44.3 Å². The summed E-state index contributed by atoms with van der Waals surface area (Å²) >= 11 is 0. The Morgan fingerprint density at radius 2 is 1.84 bits per heavy atom. The van der Waals surface area contributed by atoms with E-state index in [9.17, 15) is 4.79 Å². The highest BCUT2D eigenvalue weighted by atomic mass is 16.5. The summed E-state index contributed by atoms with van der Waals surface area (Å²) in [5.74, 6) is 1.63. The number of nitrogens with zero attached hydrogens (tertiary/aromatic N) is 5. The van der Waals surface area contributed by atoms with Crippen LogP contribution in [0.4, 0.5) is 0 Å². The molecule has 0 spiro atoms. The van der Waals surface area contributed by atoms with E-state index >= 15 is 0 Å². The fraction of sp³-hybridized carbons (Fsp3) is 0.458. The molecule has 3 heterocycles. The lowest BCUT2D eigenvalue weighted by Gasteiger charge is -2.34. The SMILES string of the molecule is COc1ccc(CN2CCN(C(=O)Cn3nc(C)c4c(C5CC5)ccnc43)CC2)cc1. The third kappa shape index (κ3) is 4.14. The number of rotatable bonds is 6. The summed E-state index contributed by atoms with van der Waals surface area (Å²) in [5, 5.41) is 5.81. The zero-order valence-electron chi connectivity index (χ0n) is 18.3. The Hall–Kier alpha value is -2.93. The molecule has 0 atom stereocenters. The predicted octanol–water partition coefficient (Wildman–Crippen LogP) is 2.97. The normalized spacial score (nSPS) is 17.3. The topological polar surface area (TPSA) is 63.5 Å². The van der Waals surface area contributed by atoms with Crippen molar-refractivity contribution in [1.29, 1.82) is 0 Å². The lowest BCUT2D eigenvalue weighted by molar-refractivity contribution is -0.133. The number of hydrogen-bond acceptors (Lipinski definition) is 5. The fourth-order valence-electron chi connectivity index (χ4n) is 4.53. The molecule has 7 heteroatoms. The Labute approximate surface area is 182 Å². The lowest BCUT2D eigenvalue weighted by Crippen LogP contribution is -2.49. The van der Waals surface area contributed by atoms with Gasteiger partial charge < -0.3 is 9.64 Å². The summed E-state index contributed by atoms with van der Waals surface area (Å²) in [7, 11) is 1.68. The first-order chi connectivity index (χ1) is 15.1. The standard InChI is InChI=1S/C24H29N5O2/c1-17-23-21(19-5-6-19)9-10-25-24(23)29(26-17)16-22(30)28-13-11-27(12-14-28)15-18-3-7-20(31-2)8-4-18/h3-4,7-10,19H,5-6,11-16H2,1-2H3. The molecular weight excluding hydrogens is 390 g/mol. The molecule has 2 fully saturated rings. The number of hydrogen-bond donors (Lipinski definition) is 0. The van der Waals surface area contributed by atoms with Gasteiger partial charge in [-0.25, -0.2) is 9.67 Å². The molecule has 0 bridgehead atoms. The number of ether oxygens (including phenoxy) is 1. The van der Waals surface area contributed by atoms with E-state index in [1.165, 1.54) is 24.0 Å². The molecule has 1 aliphatic carbocycles. The molecule has 7 nitrogen and oxygen atoms in total. The van der Waals surface area contributed by atoms with E-state index in [2.05, 4.69) is 33.2 Å². The zero-order chi connectivity index (χ0) is 21.4. The van der Waals surface area contributed by atoms with E-state index in [1.54, 1.807) is 11.8 Å². The second-order valence-corrected chi connectivity index (χ2v) is 8.62. The van der Waals surface area contributed by atoms with E-state index in [1.807, 2.05) is 30.2 Å². The van der Waals surface area contributed by atoms with E-state index in [0.717, 1.165) is 55.2 Å². The van der Waals surface area contributed by atoms with Crippen molar-refractivity contribution < 1.29 is 9.53 Å². The van der Waals surface area contributed by atoms with Crippen molar-refractivity contribution in [3.63, 3.8) is 0 Å². The lowest BCUT2D eigenvalue weighted by atomic mass is 10.1. The molecule has 1 saturated heterocycles. The summed E-state index contributed by atoms with van der Waals surface area (Å²) in [6.07, 6.45) is 4.34. The highest BCUT2D eigenvalue weighted by Gasteiger charge is 2.28. The number of carbonyl (C=O) groups is 1. The van der Waals surface area contributed by atoms with E-state index in [-0.39, 0.29) is 12.5 Å². The summed E-state index contributed by atoms with van der Waals surface area (Å²) in [6.45, 7) is 6.41. The molecule has 1 amide bonds. The smallest absolute Gasteiger partial charge is 0.244 e. The highest BCUT2D eigenvalue weighted by molar-refractivity contribution is 5.85. The molecule has 5 rings (SSSR count). The first-order valence-corrected chi connectivity index (χ1v) is 11.1. The number of amides is 1. The molecule has 2 aliphatic rings. The minimum atomic E-state index is 0.118. The molecule has 3 aromatic rings. The summed E-state index contributed by atoms with van der Waals surface area (Å²) in [5.41, 5.74) is 4.42. The maximum atomic E-state index is 13.0. The van der Waals surface area contributed by atoms with Gasteiger partial charge in [0.2, 0.25) is 5.91 Å². The minimum absolute atomic E-state index is 0.118. The Kier molecular flexibility index (Phi) is 5.36. The molecule has 31 heavy (non-hydrogen) atoms. The van der Waals surface area contributed by atoms with E-state index in [4.69, 9.17) is 4.74 Å². The van der Waals surface area contributed by atoms with Crippen LogP contribution in [0.15, 0.2) is 36.5 Å². The van der Waals surface area contributed by atoms with Crippen molar-refractivity contribution in [3.8, 4) is 5.75 Å². The van der Waals surface area contributed by atoms with Crippen LogP contribution in [0.3, 0.4) is 0 Å². The van der Waals surface area contributed by atoms with Crippen LogP contribution in [0.1, 0.15) is 35.6 Å². The Bertz CT molecular complexity index is 1080. The van der Waals surface area contributed by atoms with Gasteiger partial charge in [0.25, 0.3) is 0 Å². The highest BCUT2D eigenvalue weighted by Crippen LogP contribution is 2.43. The predicted molar refractivity (Wildman–Crippen MR) is 119 cm³/mol. The van der Waals surface area contributed by atoms with Gasteiger partial charge in [-0.3, -0.25) is 9.69 Å². The number of fused-ring (bicyclic) bond motifs is 1. The summed E-state index contributed by atoms with van der Waals surface area (Å²) in [4.78, 5) is 21.9. The first-order valence-electron chi connectivity index (χ1n) is 11.1. The zero-order valence-corrected chi connectivity index (χ0v) is 18.3. The molecular formula is C24H29N5O2. The van der Waals surface area contributed by atoms with Crippen molar-refractivity contribution >= 4 is 16.9 Å². The van der Waals surface area contributed by atoms with Crippen LogP contribution in [0.5, 0.6) is 5.75 Å². The Morgan fingerprint density at radius 1 is 1.10 bits per heavy atom. The van der Waals surface area contributed by atoms with Crippen LogP contribution in [0, 0.1) is 6.92 Å². The molecule has 0 unspecified atom stereocenters. The second-order valence-electron chi connectivity index (χ2n) is 8.62. The van der Waals surface area contributed by atoms with Crippen LogP contribution in [-0.2, 0) is 17.9 Å². The first kappa shape index (κ1) is 20.0. The van der Waals surface area contributed by atoms with Crippen molar-refractivity contribution in [2.45, 2.75) is 38.8 Å². The maximum absolute atomic E-state index is 13.0. The average molecular weight is 420 g/mol. The van der Waals surface area contributed by atoms with Gasteiger partial charge in [0.1, 0.15) is 12.3 Å². The Morgan fingerprint density at radius 3 is 2.52 bits per heavy atom. The van der Waals surface area contributed by atoms with Crippen LogP contribution < -0.4 is 4.74 Å². The minimum Gasteiger partial charge on any atom is -0.497 e. The number of methoxy groups -OCH3 is 1.